The number of aliphatic carboxylic acids is 1. The van der Waals surface area contributed by atoms with Gasteiger partial charge in [-0.25, -0.2) is 0 Å². The van der Waals surface area contributed by atoms with Gasteiger partial charge in [0, 0.05) is 17.6 Å². The summed E-state index contributed by atoms with van der Waals surface area (Å²) in [7, 11) is 0. The maximum atomic E-state index is 12.9. The van der Waals surface area contributed by atoms with E-state index in [2.05, 4.69) is 5.32 Å². The van der Waals surface area contributed by atoms with Crippen LogP contribution in [0, 0.1) is 37.5 Å². The zero-order chi connectivity index (χ0) is 17.6. The molecule has 4 atom stereocenters. The SMILES string of the molecule is CC(C)=C1[C@H]2CC[C@@H]1[C@H](C(=O)Nc1cc(C)cc(C)c1)[C@H]2C(=O)[O-]. The molecule has 1 aromatic carbocycles. The maximum absolute atomic E-state index is 12.9. The summed E-state index contributed by atoms with van der Waals surface area (Å²) in [6.45, 7) is 7.98. The lowest BCUT2D eigenvalue weighted by Crippen LogP contribution is -2.43. The summed E-state index contributed by atoms with van der Waals surface area (Å²) >= 11 is 0. The molecule has 1 amide bonds. The van der Waals surface area contributed by atoms with E-state index in [0.29, 0.717) is 0 Å². The van der Waals surface area contributed by atoms with E-state index in [4.69, 9.17) is 0 Å². The second-order valence-corrected chi connectivity index (χ2v) is 7.48. The largest absolute Gasteiger partial charge is 0.550 e. The molecule has 0 unspecified atom stereocenters. The fraction of sp³-hybridized carbons (Fsp3) is 0.500. The van der Waals surface area contributed by atoms with Gasteiger partial charge >= 0.3 is 0 Å². The Morgan fingerprint density at radius 2 is 1.54 bits per heavy atom. The summed E-state index contributed by atoms with van der Waals surface area (Å²) in [5, 5.41) is 14.7. The van der Waals surface area contributed by atoms with E-state index in [9.17, 15) is 14.7 Å². The Morgan fingerprint density at radius 1 is 1.00 bits per heavy atom. The molecule has 2 saturated carbocycles. The van der Waals surface area contributed by atoms with Gasteiger partial charge in [0.15, 0.2) is 0 Å². The van der Waals surface area contributed by atoms with E-state index in [1.807, 2.05) is 45.9 Å². The number of anilines is 1. The molecule has 4 heteroatoms. The predicted molar refractivity (Wildman–Crippen MR) is 91.1 cm³/mol. The van der Waals surface area contributed by atoms with Crippen molar-refractivity contribution in [2.75, 3.05) is 5.32 Å². The van der Waals surface area contributed by atoms with E-state index in [1.165, 1.54) is 5.57 Å². The maximum Gasteiger partial charge on any atom is 0.228 e. The van der Waals surface area contributed by atoms with Gasteiger partial charge in [-0.05, 0) is 75.6 Å². The van der Waals surface area contributed by atoms with Crippen LogP contribution < -0.4 is 10.4 Å². The van der Waals surface area contributed by atoms with Crippen molar-refractivity contribution in [2.45, 2.75) is 40.5 Å². The van der Waals surface area contributed by atoms with Crippen LogP contribution in [0.3, 0.4) is 0 Å². The first-order valence-corrected chi connectivity index (χ1v) is 8.57. The number of carbonyl (C=O) groups excluding carboxylic acids is 2. The van der Waals surface area contributed by atoms with E-state index >= 15 is 0 Å². The summed E-state index contributed by atoms with van der Waals surface area (Å²) in [5.41, 5.74) is 5.19. The van der Waals surface area contributed by atoms with Gasteiger partial charge in [0.05, 0.1) is 5.92 Å². The molecule has 128 valence electrons. The van der Waals surface area contributed by atoms with Crippen LogP contribution in [-0.2, 0) is 9.59 Å². The number of allylic oxidation sites excluding steroid dienone is 2. The monoisotopic (exact) mass is 326 g/mol. The highest BCUT2D eigenvalue weighted by molar-refractivity contribution is 5.96. The number of nitrogens with one attached hydrogen (secondary N) is 1. The van der Waals surface area contributed by atoms with Gasteiger partial charge in [-0.2, -0.15) is 0 Å². The quantitative estimate of drug-likeness (QED) is 0.868. The summed E-state index contributed by atoms with van der Waals surface area (Å²) in [4.78, 5) is 24.6. The number of carboxylic acid groups (broad SMARTS) is 1. The van der Waals surface area contributed by atoms with Gasteiger partial charge in [0.25, 0.3) is 0 Å². The molecule has 24 heavy (non-hydrogen) atoms. The number of rotatable bonds is 3. The Morgan fingerprint density at radius 3 is 2.04 bits per heavy atom. The molecule has 2 bridgehead atoms. The lowest BCUT2D eigenvalue weighted by atomic mass is 9.78. The van der Waals surface area contributed by atoms with Crippen molar-refractivity contribution < 1.29 is 14.7 Å². The molecule has 1 N–H and O–H groups in total. The summed E-state index contributed by atoms with van der Waals surface area (Å²) in [6, 6.07) is 5.86. The third-order valence-electron chi connectivity index (χ3n) is 5.48. The Bertz CT molecular complexity index is 710. The Kier molecular flexibility index (Phi) is 4.24. The van der Waals surface area contributed by atoms with Crippen LogP contribution >= 0.6 is 0 Å². The van der Waals surface area contributed by atoms with Gasteiger partial charge in [-0.1, -0.05) is 17.2 Å². The fourth-order valence-corrected chi connectivity index (χ4v) is 4.86. The topological polar surface area (TPSA) is 69.2 Å². The molecule has 0 spiro atoms. The van der Waals surface area contributed by atoms with Gasteiger partial charge in [0.2, 0.25) is 5.91 Å². The van der Waals surface area contributed by atoms with Crippen molar-refractivity contribution in [3.8, 4) is 0 Å². The van der Waals surface area contributed by atoms with Crippen LogP contribution in [0.5, 0.6) is 0 Å². The third-order valence-corrected chi connectivity index (χ3v) is 5.48. The highest BCUT2D eigenvalue weighted by Crippen LogP contribution is 2.57. The summed E-state index contributed by atoms with van der Waals surface area (Å²) < 4.78 is 0. The van der Waals surface area contributed by atoms with Gasteiger partial charge in [-0.15, -0.1) is 0 Å². The second kappa shape index (κ2) is 6.08. The summed E-state index contributed by atoms with van der Waals surface area (Å²) in [5.74, 6) is -2.53. The van der Waals surface area contributed by atoms with Crippen LogP contribution in [0.15, 0.2) is 29.3 Å². The molecule has 2 fully saturated rings. The predicted octanol–water partition coefficient (Wildman–Crippen LogP) is 2.60. The van der Waals surface area contributed by atoms with Gasteiger partial charge < -0.3 is 15.2 Å². The van der Waals surface area contributed by atoms with E-state index in [-0.39, 0.29) is 17.7 Å². The molecular formula is C20H24NO3-. The first-order valence-electron chi connectivity index (χ1n) is 8.57. The number of aryl methyl sites for hydroxylation is 2. The molecule has 1 aromatic rings. The minimum atomic E-state index is -1.10. The van der Waals surface area contributed by atoms with Crippen molar-refractivity contribution >= 4 is 17.6 Å². The van der Waals surface area contributed by atoms with Crippen LogP contribution in [-0.4, -0.2) is 11.9 Å². The fourth-order valence-electron chi connectivity index (χ4n) is 4.86. The highest BCUT2D eigenvalue weighted by atomic mass is 16.4. The van der Waals surface area contributed by atoms with Crippen molar-refractivity contribution in [2.24, 2.45) is 23.7 Å². The van der Waals surface area contributed by atoms with Crippen molar-refractivity contribution in [3.05, 3.63) is 40.5 Å². The number of carbonyl (C=O) groups is 2. The number of carboxylic acids is 1. The minimum absolute atomic E-state index is 0.0359. The number of hydrogen-bond acceptors (Lipinski definition) is 3. The van der Waals surface area contributed by atoms with Crippen LogP contribution in [0.4, 0.5) is 5.69 Å². The lowest BCUT2D eigenvalue weighted by molar-refractivity contribution is -0.314. The molecule has 0 aliphatic heterocycles. The smallest absolute Gasteiger partial charge is 0.228 e. The van der Waals surface area contributed by atoms with Crippen molar-refractivity contribution in [1.82, 2.24) is 0 Å². The molecule has 0 radical (unpaired) electrons. The first kappa shape index (κ1) is 16.7. The summed E-state index contributed by atoms with van der Waals surface area (Å²) in [6.07, 6.45) is 1.73. The molecule has 0 heterocycles. The zero-order valence-electron chi connectivity index (χ0n) is 14.7. The minimum Gasteiger partial charge on any atom is -0.550 e. The van der Waals surface area contributed by atoms with Crippen molar-refractivity contribution in [3.63, 3.8) is 0 Å². The molecule has 4 nitrogen and oxygen atoms in total. The zero-order valence-corrected chi connectivity index (χ0v) is 14.7. The van der Waals surface area contributed by atoms with Gasteiger partial charge in [0.1, 0.15) is 0 Å². The number of fused-ring (bicyclic) bond motifs is 2. The standard InChI is InChI=1S/C20H25NO3/c1-10(2)16-14-5-6-15(16)18(20(23)24)17(14)19(22)21-13-8-11(3)7-12(4)9-13/h7-9,14-15,17-18H,5-6H2,1-4H3,(H,21,22)(H,23,24)/p-1/t14-,15+,17-,18-/m0/s1. The van der Waals surface area contributed by atoms with E-state index in [1.54, 1.807) is 0 Å². The first-order chi connectivity index (χ1) is 11.3. The average molecular weight is 326 g/mol. The molecular weight excluding hydrogens is 302 g/mol. The Balaban J connectivity index is 1.91. The lowest BCUT2D eigenvalue weighted by Gasteiger charge is -2.30. The second-order valence-electron chi connectivity index (χ2n) is 7.48. The molecule has 3 rings (SSSR count). The van der Waals surface area contributed by atoms with Crippen LogP contribution in [0.2, 0.25) is 0 Å². The molecule has 2 aliphatic rings. The number of amides is 1. The number of benzene rings is 1. The number of hydrogen-bond donors (Lipinski definition) is 1. The highest BCUT2D eigenvalue weighted by Gasteiger charge is 2.54. The van der Waals surface area contributed by atoms with Crippen molar-refractivity contribution in [1.29, 1.82) is 0 Å². The Hall–Kier alpha value is -2.10. The van der Waals surface area contributed by atoms with Crippen LogP contribution in [0.25, 0.3) is 0 Å². The molecule has 2 aliphatic carbocycles. The molecule has 0 saturated heterocycles. The van der Waals surface area contributed by atoms with E-state index < -0.39 is 17.8 Å². The average Bonchev–Trinajstić information content (AvgIpc) is 3.01. The van der Waals surface area contributed by atoms with Gasteiger partial charge in [-0.3, -0.25) is 4.79 Å². The molecule has 0 aromatic heterocycles. The van der Waals surface area contributed by atoms with E-state index in [0.717, 1.165) is 35.2 Å². The third kappa shape index (κ3) is 2.74. The normalized spacial score (nSPS) is 28.1. The van der Waals surface area contributed by atoms with Crippen LogP contribution in [0.1, 0.15) is 37.8 Å². The Labute approximate surface area is 143 Å².